The van der Waals surface area contributed by atoms with Crippen LogP contribution in [0.25, 0.3) is 0 Å². The summed E-state index contributed by atoms with van der Waals surface area (Å²) in [6.45, 7) is 4.51. The zero-order valence-corrected chi connectivity index (χ0v) is 10.4. The third kappa shape index (κ3) is 3.20. The summed E-state index contributed by atoms with van der Waals surface area (Å²) in [5.41, 5.74) is 7.18. The molecule has 0 saturated carbocycles. The molecule has 0 bridgehead atoms. The minimum atomic E-state index is 0.0611. The van der Waals surface area contributed by atoms with Crippen molar-refractivity contribution in [3.63, 3.8) is 0 Å². The largest absolute Gasteiger partial charge is 0.493 e. The van der Waals surface area contributed by atoms with Gasteiger partial charge in [-0.05, 0) is 18.9 Å². The molecule has 1 saturated heterocycles. The monoisotopic (exact) mass is 235 g/mol. The van der Waals surface area contributed by atoms with E-state index < -0.39 is 0 Å². The van der Waals surface area contributed by atoms with Crippen molar-refractivity contribution in [2.24, 2.45) is 11.7 Å². The fraction of sp³-hybridized carbons (Fsp3) is 0.571. The predicted octanol–water partition coefficient (Wildman–Crippen LogP) is 2.51. The van der Waals surface area contributed by atoms with E-state index in [1.807, 2.05) is 18.2 Å². The molecule has 1 aliphatic heterocycles. The molecule has 0 aliphatic carbocycles. The molecule has 0 radical (unpaired) electrons. The van der Waals surface area contributed by atoms with Crippen LogP contribution in [0.15, 0.2) is 24.3 Å². The molecule has 94 valence electrons. The van der Waals surface area contributed by atoms with Gasteiger partial charge in [-0.2, -0.15) is 0 Å². The van der Waals surface area contributed by atoms with Gasteiger partial charge in [0.05, 0.1) is 13.2 Å². The SMILES string of the molecule is CC[C@@H](N)c1ccccc1OCC1CCOC1. The lowest BCUT2D eigenvalue weighted by Crippen LogP contribution is -2.15. The van der Waals surface area contributed by atoms with Crippen molar-refractivity contribution in [1.82, 2.24) is 0 Å². The molecule has 1 aliphatic rings. The van der Waals surface area contributed by atoms with Crippen molar-refractivity contribution in [1.29, 1.82) is 0 Å². The highest BCUT2D eigenvalue weighted by Crippen LogP contribution is 2.26. The molecule has 0 spiro atoms. The summed E-state index contributed by atoms with van der Waals surface area (Å²) < 4.78 is 11.2. The summed E-state index contributed by atoms with van der Waals surface area (Å²) in [7, 11) is 0. The van der Waals surface area contributed by atoms with Gasteiger partial charge in [0.2, 0.25) is 0 Å². The standard InChI is InChI=1S/C14H21NO2/c1-2-13(15)12-5-3-4-6-14(12)17-10-11-7-8-16-9-11/h3-6,11,13H,2,7-10,15H2,1H3/t11?,13-/m1/s1. The van der Waals surface area contributed by atoms with Crippen LogP contribution in [0.2, 0.25) is 0 Å². The van der Waals surface area contributed by atoms with Gasteiger partial charge in [0.25, 0.3) is 0 Å². The third-order valence-electron chi connectivity index (χ3n) is 3.26. The highest BCUT2D eigenvalue weighted by molar-refractivity contribution is 5.35. The number of hydrogen-bond donors (Lipinski definition) is 1. The van der Waals surface area contributed by atoms with Gasteiger partial charge in [0, 0.05) is 24.1 Å². The zero-order valence-electron chi connectivity index (χ0n) is 10.4. The Morgan fingerprint density at radius 2 is 2.29 bits per heavy atom. The second-order valence-electron chi connectivity index (χ2n) is 4.59. The van der Waals surface area contributed by atoms with Crippen LogP contribution in [0.4, 0.5) is 0 Å². The third-order valence-corrected chi connectivity index (χ3v) is 3.26. The van der Waals surface area contributed by atoms with Crippen LogP contribution in [-0.4, -0.2) is 19.8 Å². The average molecular weight is 235 g/mol. The first kappa shape index (κ1) is 12.4. The van der Waals surface area contributed by atoms with E-state index in [1.165, 1.54) is 0 Å². The van der Waals surface area contributed by atoms with Crippen molar-refractivity contribution in [3.8, 4) is 5.75 Å². The molecular formula is C14H21NO2. The average Bonchev–Trinajstić information content (AvgIpc) is 2.89. The van der Waals surface area contributed by atoms with E-state index in [-0.39, 0.29) is 6.04 Å². The van der Waals surface area contributed by atoms with Crippen LogP contribution >= 0.6 is 0 Å². The van der Waals surface area contributed by atoms with Gasteiger partial charge < -0.3 is 15.2 Å². The second-order valence-corrected chi connectivity index (χ2v) is 4.59. The lowest BCUT2D eigenvalue weighted by molar-refractivity contribution is 0.166. The Kier molecular flexibility index (Phi) is 4.40. The lowest BCUT2D eigenvalue weighted by Gasteiger charge is -2.17. The van der Waals surface area contributed by atoms with Crippen molar-refractivity contribution in [3.05, 3.63) is 29.8 Å². The maximum atomic E-state index is 6.07. The number of nitrogens with two attached hydrogens (primary N) is 1. The van der Waals surface area contributed by atoms with Crippen LogP contribution in [0, 0.1) is 5.92 Å². The Balaban J connectivity index is 1.98. The van der Waals surface area contributed by atoms with Crippen LogP contribution < -0.4 is 10.5 Å². The van der Waals surface area contributed by atoms with Gasteiger partial charge >= 0.3 is 0 Å². The van der Waals surface area contributed by atoms with E-state index in [0.717, 1.165) is 44.0 Å². The quantitative estimate of drug-likeness (QED) is 0.853. The van der Waals surface area contributed by atoms with Crippen molar-refractivity contribution in [2.45, 2.75) is 25.8 Å². The van der Waals surface area contributed by atoms with Gasteiger partial charge in [-0.25, -0.2) is 0 Å². The van der Waals surface area contributed by atoms with Gasteiger partial charge in [-0.1, -0.05) is 25.1 Å². The van der Waals surface area contributed by atoms with Crippen molar-refractivity contribution in [2.75, 3.05) is 19.8 Å². The van der Waals surface area contributed by atoms with Gasteiger partial charge in [-0.3, -0.25) is 0 Å². The summed E-state index contributed by atoms with van der Waals surface area (Å²) in [5.74, 6) is 1.45. The summed E-state index contributed by atoms with van der Waals surface area (Å²) in [4.78, 5) is 0. The molecule has 1 heterocycles. The smallest absolute Gasteiger partial charge is 0.124 e. The maximum absolute atomic E-state index is 6.07. The Bertz CT molecular complexity index is 348. The van der Waals surface area contributed by atoms with E-state index in [9.17, 15) is 0 Å². The first-order valence-electron chi connectivity index (χ1n) is 6.36. The number of hydrogen-bond acceptors (Lipinski definition) is 3. The first-order valence-corrected chi connectivity index (χ1v) is 6.36. The minimum absolute atomic E-state index is 0.0611. The number of benzene rings is 1. The topological polar surface area (TPSA) is 44.5 Å². The molecule has 3 nitrogen and oxygen atoms in total. The predicted molar refractivity (Wildman–Crippen MR) is 68.1 cm³/mol. The van der Waals surface area contributed by atoms with Crippen molar-refractivity contribution >= 4 is 0 Å². The van der Waals surface area contributed by atoms with Gasteiger partial charge in [-0.15, -0.1) is 0 Å². The molecule has 1 aromatic carbocycles. The number of rotatable bonds is 5. The van der Waals surface area contributed by atoms with Crippen LogP contribution in [0.1, 0.15) is 31.4 Å². The fourth-order valence-electron chi connectivity index (χ4n) is 2.06. The molecule has 17 heavy (non-hydrogen) atoms. The first-order chi connectivity index (χ1) is 8.31. The Labute approximate surface area is 103 Å². The van der Waals surface area contributed by atoms with E-state index in [0.29, 0.717) is 5.92 Å². The molecule has 2 atom stereocenters. The van der Waals surface area contributed by atoms with E-state index >= 15 is 0 Å². The molecule has 2 N–H and O–H groups in total. The van der Waals surface area contributed by atoms with E-state index in [1.54, 1.807) is 0 Å². The summed E-state index contributed by atoms with van der Waals surface area (Å²) >= 11 is 0. The highest BCUT2D eigenvalue weighted by Gasteiger charge is 2.17. The Hall–Kier alpha value is -1.06. The highest BCUT2D eigenvalue weighted by atomic mass is 16.5. The van der Waals surface area contributed by atoms with Crippen LogP contribution in [0.3, 0.4) is 0 Å². The molecule has 1 unspecified atom stereocenters. The zero-order chi connectivity index (χ0) is 12.1. The fourth-order valence-corrected chi connectivity index (χ4v) is 2.06. The Morgan fingerprint density at radius 1 is 1.47 bits per heavy atom. The van der Waals surface area contributed by atoms with Gasteiger partial charge in [0.1, 0.15) is 5.75 Å². The molecule has 2 rings (SSSR count). The Morgan fingerprint density at radius 3 is 3.00 bits per heavy atom. The van der Waals surface area contributed by atoms with E-state index in [4.69, 9.17) is 15.2 Å². The normalized spacial score (nSPS) is 21.4. The molecule has 0 aromatic heterocycles. The number of ether oxygens (including phenoxy) is 2. The molecule has 1 aromatic rings. The molecule has 3 heteroatoms. The van der Waals surface area contributed by atoms with Crippen LogP contribution in [-0.2, 0) is 4.74 Å². The molecule has 1 fully saturated rings. The van der Waals surface area contributed by atoms with Gasteiger partial charge in [0.15, 0.2) is 0 Å². The minimum Gasteiger partial charge on any atom is -0.493 e. The van der Waals surface area contributed by atoms with Crippen LogP contribution in [0.5, 0.6) is 5.75 Å². The summed E-state index contributed by atoms with van der Waals surface area (Å²) in [6, 6.07) is 8.11. The summed E-state index contributed by atoms with van der Waals surface area (Å²) in [5, 5.41) is 0. The molecular weight excluding hydrogens is 214 g/mol. The maximum Gasteiger partial charge on any atom is 0.124 e. The van der Waals surface area contributed by atoms with E-state index in [2.05, 4.69) is 13.0 Å². The van der Waals surface area contributed by atoms with Crippen molar-refractivity contribution < 1.29 is 9.47 Å². The molecule has 0 amide bonds. The lowest BCUT2D eigenvalue weighted by atomic mass is 10.0. The summed E-state index contributed by atoms with van der Waals surface area (Å²) in [6.07, 6.45) is 2.02. The number of para-hydroxylation sites is 1. The second kappa shape index (κ2) is 6.03.